The molecule has 2 N–H and O–H groups in total. The molecule has 0 aliphatic heterocycles. The van der Waals surface area contributed by atoms with Crippen LogP contribution in [0.5, 0.6) is 6.01 Å². The molecule has 5 nitrogen and oxygen atoms in total. The van der Waals surface area contributed by atoms with E-state index in [1.165, 1.54) is 6.20 Å². The Bertz CT molecular complexity index is 525. The molecule has 0 bridgehead atoms. The second-order valence-electron chi connectivity index (χ2n) is 3.90. The molecule has 0 aliphatic carbocycles. The molecule has 0 saturated heterocycles. The van der Waals surface area contributed by atoms with Gasteiger partial charge in [0, 0.05) is 12.7 Å². The maximum absolute atomic E-state index is 9.89. The summed E-state index contributed by atoms with van der Waals surface area (Å²) in [5.74, 6) is 0. The molecule has 92 valence electrons. The van der Waals surface area contributed by atoms with Crippen LogP contribution in [0.1, 0.15) is 19.4 Å². The van der Waals surface area contributed by atoms with E-state index in [0.29, 0.717) is 10.7 Å². The lowest BCUT2D eigenvalue weighted by Gasteiger charge is -2.17. The molecule has 0 spiro atoms. The minimum absolute atomic E-state index is 0.0168. The summed E-state index contributed by atoms with van der Waals surface area (Å²) < 4.78 is 1.77. The number of imidazole rings is 1. The van der Waals surface area contributed by atoms with E-state index in [-0.39, 0.29) is 12.1 Å². The van der Waals surface area contributed by atoms with Crippen LogP contribution >= 0.6 is 11.6 Å². The van der Waals surface area contributed by atoms with Gasteiger partial charge < -0.3 is 10.4 Å². The number of aromatic nitrogens is 3. The van der Waals surface area contributed by atoms with E-state index in [0.717, 1.165) is 18.5 Å². The predicted octanol–water partition coefficient (Wildman–Crippen LogP) is 1.96. The molecule has 17 heavy (non-hydrogen) atoms. The number of nitrogens with zero attached hydrogens (tertiary/aromatic N) is 3. The van der Waals surface area contributed by atoms with E-state index in [2.05, 4.69) is 22.2 Å². The van der Waals surface area contributed by atoms with Crippen molar-refractivity contribution in [1.82, 2.24) is 19.9 Å². The highest BCUT2D eigenvalue weighted by atomic mass is 35.5. The summed E-state index contributed by atoms with van der Waals surface area (Å²) in [7, 11) is 1.88. The Labute approximate surface area is 104 Å². The fourth-order valence-electron chi connectivity index (χ4n) is 1.95. The number of likely N-dealkylation sites (N-methyl/N-ethyl adjacent to an activating group) is 1. The molecular weight excluding hydrogens is 240 g/mol. The number of aromatic hydroxyl groups is 1. The van der Waals surface area contributed by atoms with Crippen LogP contribution in [0, 0.1) is 0 Å². The van der Waals surface area contributed by atoms with Crippen molar-refractivity contribution < 1.29 is 5.11 Å². The van der Waals surface area contributed by atoms with E-state index in [9.17, 15) is 5.11 Å². The highest BCUT2D eigenvalue weighted by Gasteiger charge is 2.17. The molecule has 2 aromatic heterocycles. The molecule has 6 heteroatoms. The van der Waals surface area contributed by atoms with Gasteiger partial charge in [-0.15, -0.1) is 0 Å². The number of pyridine rings is 1. The van der Waals surface area contributed by atoms with Crippen LogP contribution in [0.2, 0.25) is 5.02 Å². The van der Waals surface area contributed by atoms with Gasteiger partial charge in [-0.2, -0.15) is 4.98 Å². The smallest absolute Gasteiger partial charge is 0.296 e. The van der Waals surface area contributed by atoms with E-state index in [4.69, 9.17) is 11.6 Å². The van der Waals surface area contributed by atoms with Gasteiger partial charge in [-0.1, -0.05) is 18.5 Å². The Morgan fingerprint density at radius 2 is 2.35 bits per heavy atom. The first kappa shape index (κ1) is 12.1. The van der Waals surface area contributed by atoms with Crippen molar-refractivity contribution in [3.8, 4) is 6.01 Å². The lowest BCUT2D eigenvalue weighted by Crippen LogP contribution is -2.21. The third kappa shape index (κ3) is 2.21. The number of rotatable bonds is 4. The largest absolute Gasteiger partial charge is 0.480 e. The molecule has 1 atom stereocenters. The van der Waals surface area contributed by atoms with Gasteiger partial charge in [-0.3, -0.25) is 4.57 Å². The molecule has 0 amide bonds. The van der Waals surface area contributed by atoms with E-state index < -0.39 is 0 Å². The molecule has 2 heterocycles. The Balaban J connectivity index is 2.57. The third-order valence-corrected chi connectivity index (χ3v) is 2.98. The number of nitrogens with one attached hydrogen (secondary N) is 1. The van der Waals surface area contributed by atoms with Crippen LogP contribution in [0.25, 0.3) is 11.2 Å². The first-order chi connectivity index (χ1) is 8.17. The summed E-state index contributed by atoms with van der Waals surface area (Å²) in [6, 6.07) is 1.89. The minimum atomic E-state index is -0.0168. The fourth-order valence-corrected chi connectivity index (χ4v) is 2.11. The first-order valence-electron chi connectivity index (χ1n) is 5.54. The van der Waals surface area contributed by atoms with Gasteiger partial charge in [0.05, 0.1) is 16.6 Å². The molecule has 0 aromatic carbocycles. The molecule has 0 fully saturated rings. The lowest BCUT2D eigenvalue weighted by molar-refractivity contribution is 0.361. The summed E-state index contributed by atoms with van der Waals surface area (Å²) in [6.45, 7) is 2.81. The Morgan fingerprint density at radius 1 is 1.59 bits per heavy atom. The van der Waals surface area contributed by atoms with Gasteiger partial charge in [0.1, 0.15) is 0 Å². The monoisotopic (exact) mass is 254 g/mol. The molecule has 0 radical (unpaired) electrons. The zero-order valence-corrected chi connectivity index (χ0v) is 10.6. The zero-order chi connectivity index (χ0) is 12.4. The Kier molecular flexibility index (Phi) is 3.49. The van der Waals surface area contributed by atoms with Gasteiger partial charge in [0.15, 0.2) is 5.65 Å². The molecule has 2 rings (SSSR count). The van der Waals surface area contributed by atoms with Crippen molar-refractivity contribution >= 4 is 22.8 Å². The Morgan fingerprint density at radius 3 is 3.00 bits per heavy atom. The van der Waals surface area contributed by atoms with Crippen molar-refractivity contribution in [2.45, 2.75) is 19.4 Å². The number of hydrogen-bond acceptors (Lipinski definition) is 4. The Hall–Kier alpha value is -1.33. The average molecular weight is 255 g/mol. The predicted molar refractivity (Wildman–Crippen MR) is 67.5 cm³/mol. The summed E-state index contributed by atoms with van der Waals surface area (Å²) in [4.78, 5) is 8.12. The van der Waals surface area contributed by atoms with Crippen LogP contribution in [-0.2, 0) is 0 Å². The van der Waals surface area contributed by atoms with Crippen molar-refractivity contribution in [1.29, 1.82) is 0 Å². The van der Waals surface area contributed by atoms with Crippen molar-refractivity contribution in [3.63, 3.8) is 0 Å². The van der Waals surface area contributed by atoms with Gasteiger partial charge in [-0.25, -0.2) is 4.98 Å². The van der Waals surface area contributed by atoms with Crippen LogP contribution in [-0.4, -0.2) is 33.2 Å². The summed E-state index contributed by atoms with van der Waals surface area (Å²) in [5.41, 5.74) is 1.28. The van der Waals surface area contributed by atoms with Gasteiger partial charge in [-0.05, 0) is 19.5 Å². The first-order valence-corrected chi connectivity index (χ1v) is 5.92. The van der Waals surface area contributed by atoms with Gasteiger partial charge >= 0.3 is 0 Å². The number of fused-ring (bicyclic) bond motifs is 1. The summed E-state index contributed by atoms with van der Waals surface area (Å²) in [6.07, 6.45) is 2.41. The standard InChI is InChI=1S/C11H15ClN4O/c1-3-8(6-13-2)16-9-4-7(12)5-14-10(9)15-11(16)17/h4-5,8,13H,3,6H2,1-2H3,(H,14,15,17)/t8-/m1/s1. The van der Waals surface area contributed by atoms with Crippen LogP contribution < -0.4 is 5.32 Å². The van der Waals surface area contributed by atoms with Crippen LogP contribution in [0.3, 0.4) is 0 Å². The fraction of sp³-hybridized carbons (Fsp3) is 0.455. The summed E-state index contributed by atoms with van der Waals surface area (Å²) in [5, 5.41) is 13.5. The topological polar surface area (TPSA) is 63.0 Å². The highest BCUT2D eigenvalue weighted by molar-refractivity contribution is 6.31. The number of halogens is 1. The normalized spacial score (nSPS) is 13.1. The molecule has 0 aliphatic rings. The lowest BCUT2D eigenvalue weighted by atomic mass is 10.2. The number of hydrogen-bond donors (Lipinski definition) is 2. The molecule has 0 unspecified atom stereocenters. The van der Waals surface area contributed by atoms with Crippen molar-refractivity contribution in [2.24, 2.45) is 0 Å². The van der Waals surface area contributed by atoms with E-state index >= 15 is 0 Å². The zero-order valence-electron chi connectivity index (χ0n) is 9.81. The van der Waals surface area contributed by atoms with Gasteiger partial charge in [0.2, 0.25) is 0 Å². The molecule has 0 saturated carbocycles. The third-order valence-electron chi connectivity index (χ3n) is 2.77. The quantitative estimate of drug-likeness (QED) is 0.876. The average Bonchev–Trinajstić information content (AvgIpc) is 2.62. The van der Waals surface area contributed by atoms with Gasteiger partial charge in [0.25, 0.3) is 6.01 Å². The van der Waals surface area contributed by atoms with E-state index in [1.807, 2.05) is 7.05 Å². The second kappa shape index (κ2) is 4.89. The maximum atomic E-state index is 9.89. The maximum Gasteiger partial charge on any atom is 0.296 e. The second-order valence-corrected chi connectivity index (χ2v) is 4.33. The molecular formula is C11H15ClN4O. The SMILES string of the molecule is CC[C@H](CNC)n1c(O)nc2ncc(Cl)cc21. The van der Waals surface area contributed by atoms with E-state index in [1.54, 1.807) is 10.6 Å². The minimum Gasteiger partial charge on any atom is -0.480 e. The van der Waals surface area contributed by atoms with Crippen LogP contribution in [0.15, 0.2) is 12.3 Å². The summed E-state index contributed by atoms with van der Waals surface area (Å²) >= 11 is 5.92. The molecule has 2 aromatic rings. The van der Waals surface area contributed by atoms with Crippen LogP contribution in [0.4, 0.5) is 0 Å². The van der Waals surface area contributed by atoms with Crippen molar-refractivity contribution in [3.05, 3.63) is 17.3 Å². The van der Waals surface area contributed by atoms with Crippen molar-refractivity contribution in [2.75, 3.05) is 13.6 Å². The highest BCUT2D eigenvalue weighted by Crippen LogP contribution is 2.27.